The van der Waals surface area contributed by atoms with E-state index in [9.17, 15) is 14.4 Å². The minimum atomic E-state index is -0.839. The summed E-state index contributed by atoms with van der Waals surface area (Å²) in [6.45, 7) is 0.654. The molecule has 4 rings (SSSR count). The fourth-order valence-corrected chi connectivity index (χ4v) is 3.80. The van der Waals surface area contributed by atoms with Gasteiger partial charge >= 0.3 is 11.8 Å². The van der Waals surface area contributed by atoms with E-state index in [0.29, 0.717) is 36.1 Å². The van der Waals surface area contributed by atoms with E-state index < -0.39 is 11.8 Å². The van der Waals surface area contributed by atoms with Crippen LogP contribution in [0, 0.1) is 0 Å². The second-order valence-electron chi connectivity index (χ2n) is 7.59. The zero-order chi connectivity index (χ0) is 21.6. The average molecular weight is 423 g/mol. The van der Waals surface area contributed by atoms with Gasteiger partial charge < -0.3 is 20.1 Å². The van der Waals surface area contributed by atoms with Gasteiger partial charge in [-0.3, -0.25) is 19.3 Å². The quantitative estimate of drug-likeness (QED) is 0.721. The molecule has 0 aromatic heterocycles. The molecule has 1 aliphatic heterocycles. The van der Waals surface area contributed by atoms with E-state index in [0.717, 1.165) is 25.7 Å². The van der Waals surface area contributed by atoms with Gasteiger partial charge in [0.05, 0.1) is 0 Å². The minimum Gasteiger partial charge on any atom is -0.486 e. The monoisotopic (exact) mass is 423 g/mol. The van der Waals surface area contributed by atoms with E-state index >= 15 is 0 Å². The second-order valence-corrected chi connectivity index (χ2v) is 7.59. The summed E-state index contributed by atoms with van der Waals surface area (Å²) in [5.41, 5.74) is 0.886. The summed E-state index contributed by atoms with van der Waals surface area (Å²) in [5, 5.41) is 5.55. The third kappa shape index (κ3) is 5.14. The molecule has 2 N–H and O–H groups in total. The average Bonchev–Trinajstić information content (AvgIpc) is 3.30. The van der Waals surface area contributed by atoms with Crippen LogP contribution in [0.2, 0.25) is 0 Å². The maximum atomic E-state index is 13.0. The molecule has 2 aromatic rings. The minimum absolute atomic E-state index is 0.131. The lowest BCUT2D eigenvalue weighted by Crippen LogP contribution is -2.47. The van der Waals surface area contributed by atoms with Crippen LogP contribution in [0.1, 0.15) is 25.7 Å². The van der Waals surface area contributed by atoms with Crippen molar-refractivity contribution in [2.45, 2.75) is 31.7 Å². The topological polar surface area (TPSA) is 97.0 Å². The number of hydrogen-bond donors (Lipinski definition) is 2. The number of nitrogens with one attached hydrogen (secondary N) is 2. The largest absolute Gasteiger partial charge is 0.486 e. The van der Waals surface area contributed by atoms with Crippen molar-refractivity contribution in [3.05, 3.63) is 48.5 Å². The molecule has 2 aliphatic rings. The normalized spacial score (nSPS) is 15.2. The van der Waals surface area contributed by atoms with E-state index in [4.69, 9.17) is 9.47 Å². The fraction of sp³-hybridized carbons (Fsp3) is 0.348. The van der Waals surface area contributed by atoms with Crippen LogP contribution in [0.15, 0.2) is 48.5 Å². The van der Waals surface area contributed by atoms with E-state index in [-0.39, 0.29) is 18.5 Å². The van der Waals surface area contributed by atoms with Gasteiger partial charge in [0.1, 0.15) is 19.8 Å². The Labute approximate surface area is 180 Å². The molecule has 0 unspecified atom stereocenters. The summed E-state index contributed by atoms with van der Waals surface area (Å²) >= 11 is 0. The fourth-order valence-electron chi connectivity index (χ4n) is 3.80. The smallest absolute Gasteiger partial charge is 0.317 e. The van der Waals surface area contributed by atoms with E-state index in [1.807, 2.05) is 0 Å². The lowest BCUT2D eigenvalue weighted by Gasteiger charge is -2.23. The van der Waals surface area contributed by atoms with Crippen LogP contribution in [0.4, 0.5) is 11.4 Å². The predicted octanol–water partition coefficient (Wildman–Crippen LogP) is 2.49. The third-order valence-electron chi connectivity index (χ3n) is 5.33. The highest BCUT2D eigenvalue weighted by atomic mass is 16.6. The molecular weight excluding hydrogens is 398 g/mol. The van der Waals surface area contributed by atoms with Crippen LogP contribution in [0.5, 0.6) is 11.5 Å². The Balaban J connectivity index is 1.46. The summed E-state index contributed by atoms with van der Waals surface area (Å²) in [6, 6.07) is 13.8. The standard InChI is InChI=1S/C23H25N3O5/c27-21(24-16-6-4-5-7-16)15-26(18-8-2-1-3-9-18)23(29)22(28)25-17-10-11-19-20(14-17)31-13-12-30-19/h1-3,8-11,14,16H,4-7,12-13,15H2,(H,24,27)(H,25,28). The van der Waals surface area contributed by atoms with E-state index in [2.05, 4.69) is 10.6 Å². The maximum absolute atomic E-state index is 13.0. The first kappa shape index (κ1) is 20.7. The molecule has 0 spiro atoms. The van der Waals surface area contributed by atoms with E-state index in [1.54, 1.807) is 48.5 Å². The zero-order valence-corrected chi connectivity index (χ0v) is 17.1. The summed E-state index contributed by atoms with van der Waals surface area (Å²) in [5.74, 6) is -0.842. The van der Waals surface area contributed by atoms with Crippen molar-refractivity contribution < 1.29 is 23.9 Å². The number of hydrogen-bond acceptors (Lipinski definition) is 5. The van der Waals surface area contributed by atoms with Gasteiger partial charge in [-0.2, -0.15) is 0 Å². The van der Waals surface area contributed by atoms with Gasteiger partial charge in [0.15, 0.2) is 11.5 Å². The molecule has 2 aromatic carbocycles. The Bertz CT molecular complexity index is 957. The van der Waals surface area contributed by atoms with Gasteiger partial charge in [0.25, 0.3) is 0 Å². The molecule has 8 nitrogen and oxygen atoms in total. The van der Waals surface area contributed by atoms with Crippen LogP contribution in [-0.4, -0.2) is 43.5 Å². The number of para-hydroxylation sites is 1. The number of ether oxygens (including phenoxy) is 2. The van der Waals surface area contributed by atoms with Crippen LogP contribution >= 0.6 is 0 Å². The van der Waals surface area contributed by atoms with Crippen molar-refractivity contribution >= 4 is 29.1 Å². The highest BCUT2D eigenvalue weighted by Gasteiger charge is 2.27. The molecule has 3 amide bonds. The molecule has 0 saturated heterocycles. The molecule has 31 heavy (non-hydrogen) atoms. The van der Waals surface area contributed by atoms with Crippen molar-refractivity contribution in [2.75, 3.05) is 30.0 Å². The van der Waals surface area contributed by atoms with Gasteiger partial charge in [0.2, 0.25) is 5.91 Å². The second kappa shape index (κ2) is 9.51. The molecule has 1 fully saturated rings. The van der Waals surface area contributed by atoms with Crippen molar-refractivity contribution in [1.29, 1.82) is 0 Å². The zero-order valence-electron chi connectivity index (χ0n) is 17.1. The number of amides is 3. The third-order valence-corrected chi connectivity index (χ3v) is 5.33. The number of carbonyl (C=O) groups is 3. The van der Waals surface area contributed by atoms with Crippen molar-refractivity contribution in [3.63, 3.8) is 0 Å². The van der Waals surface area contributed by atoms with Gasteiger partial charge in [-0.15, -0.1) is 0 Å². The number of anilines is 2. The molecule has 8 heteroatoms. The molecule has 1 aliphatic carbocycles. The molecule has 1 saturated carbocycles. The van der Waals surface area contributed by atoms with Gasteiger partial charge in [-0.25, -0.2) is 0 Å². The summed E-state index contributed by atoms with van der Waals surface area (Å²) in [6.07, 6.45) is 4.06. The van der Waals surface area contributed by atoms with Crippen molar-refractivity contribution in [3.8, 4) is 11.5 Å². The van der Waals surface area contributed by atoms with Gasteiger partial charge in [-0.1, -0.05) is 31.0 Å². The lowest BCUT2D eigenvalue weighted by molar-refractivity contribution is -0.135. The first-order chi connectivity index (χ1) is 15.1. The Morgan fingerprint density at radius 1 is 0.935 bits per heavy atom. The Hall–Kier alpha value is -3.55. The maximum Gasteiger partial charge on any atom is 0.317 e. The first-order valence-electron chi connectivity index (χ1n) is 10.5. The van der Waals surface area contributed by atoms with Gasteiger partial charge in [0, 0.05) is 23.5 Å². The molecule has 0 radical (unpaired) electrons. The molecule has 162 valence electrons. The summed E-state index contributed by atoms with van der Waals surface area (Å²) in [7, 11) is 0. The number of rotatable bonds is 5. The Kier molecular flexibility index (Phi) is 6.35. The van der Waals surface area contributed by atoms with Crippen molar-refractivity contribution in [1.82, 2.24) is 5.32 Å². The van der Waals surface area contributed by atoms with Crippen LogP contribution in [0.3, 0.4) is 0 Å². The van der Waals surface area contributed by atoms with E-state index in [1.165, 1.54) is 4.90 Å². The molecule has 0 atom stereocenters. The SMILES string of the molecule is O=C(CN(C(=O)C(=O)Nc1ccc2c(c1)OCCO2)c1ccccc1)NC1CCCC1. The summed E-state index contributed by atoms with van der Waals surface area (Å²) < 4.78 is 11.0. The predicted molar refractivity (Wildman–Crippen MR) is 115 cm³/mol. The van der Waals surface area contributed by atoms with Crippen LogP contribution < -0.4 is 25.0 Å². The number of benzene rings is 2. The Morgan fingerprint density at radius 2 is 1.65 bits per heavy atom. The molecular formula is C23H25N3O5. The number of fused-ring (bicyclic) bond motifs is 1. The summed E-state index contributed by atoms with van der Waals surface area (Å²) in [4.78, 5) is 39.5. The lowest BCUT2D eigenvalue weighted by atomic mass is 10.2. The highest BCUT2D eigenvalue weighted by molar-refractivity contribution is 6.44. The molecule has 1 heterocycles. The number of nitrogens with zero attached hydrogens (tertiary/aromatic N) is 1. The van der Waals surface area contributed by atoms with Crippen LogP contribution in [0.25, 0.3) is 0 Å². The number of carbonyl (C=O) groups excluding carboxylic acids is 3. The molecule has 0 bridgehead atoms. The van der Waals surface area contributed by atoms with Gasteiger partial charge in [-0.05, 0) is 37.1 Å². The first-order valence-corrected chi connectivity index (χ1v) is 10.5. The van der Waals surface area contributed by atoms with Crippen LogP contribution in [-0.2, 0) is 14.4 Å². The highest BCUT2D eigenvalue weighted by Crippen LogP contribution is 2.32. The van der Waals surface area contributed by atoms with Crippen molar-refractivity contribution in [2.24, 2.45) is 0 Å². The Morgan fingerprint density at radius 3 is 2.39 bits per heavy atom.